The Labute approximate surface area is 57.6 Å². The lowest BCUT2D eigenvalue weighted by molar-refractivity contribution is 0.360. The topological polar surface area (TPSA) is 0 Å². The lowest BCUT2D eigenvalue weighted by Gasteiger charge is -2.13. The molecule has 2 fully saturated rings. The Bertz CT molecular complexity index is 139. The van der Waals surface area contributed by atoms with E-state index in [4.69, 9.17) is 0 Å². The fourth-order valence-electron chi connectivity index (χ4n) is 2.52. The van der Waals surface area contributed by atoms with Crippen molar-refractivity contribution in [3.8, 4) is 0 Å². The van der Waals surface area contributed by atoms with E-state index in [1.165, 1.54) is 6.42 Å². The summed E-state index contributed by atoms with van der Waals surface area (Å²) in [5, 5.41) is 0. The molecular weight excluding hydrogens is 108 g/mol. The van der Waals surface area contributed by atoms with Crippen LogP contribution in [0.5, 0.6) is 0 Å². The van der Waals surface area contributed by atoms with Crippen molar-refractivity contribution in [2.24, 2.45) is 23.2 Å². The van der Waals surface area contributed by atoms with Gasteiger partial charge in [-0.25, -0.2) is 0 Å². The van der Waals surface area contributed by atoms with Crippen LogP contribution < -0.4 is 0 Å². The third-order valence-electron chi connectivity index (χ3n) is 3.69. The van der Waals surface area contributed by atoms with Gasteiger partial charge in [-0.1, -0.05) is 27.2 Å². The highest BCUT2D eigenvalue weighted by molar-refractivity contribution is 5.23. The lowest BCUT2D eigenvalue weighted by atomic mass is 9.92. The Morgan fingerprint density at radius 1 is 1.67 bits per heavy atom. The van der Waals surface area contributed by atoms with Crippen LogP contribution in [0.15, 0.2) is 0 Å². The quantitative estimate of drug-likeness (QED) is 0.531. The van der Waals surface area contributed by atoms with Crippen molar-refractivity contribution in [1.29, 1.82) is 0 Å². The minimum absolute atomic E-state index is 0.857. The van der Waals surface area contributed by atoms with Crippen molar-refractivity contribution in [2.45, 2.75) is 33.6 Å². The molecule has 52 valence electrons. The van der Waals surface area contributed by atoms with E-state index in [1.807, 2.05) is 0 Å². The van der Waals surface area contributed by atoms with Gasteiger partial charge in [0.1, 0.15) is 0 Å². The van der Waals surface area contributed by atoms with E-state index in [9.17, 15) is 0 Å². The van der Waals surface area contributed by atoms with Crippen LogP contribution in [0.25, 0.3) is 0 Å². The summed E-state index contributed by atoms with van der Waals surface area (Å²) in [5.74, 6) is 3.30. The van der Waals surface area contributed by atoms with Gasteiger partial charge in [-0.05, 0) is 29.6 Å². The molecule has 0 saturated heterocycles. The van der Waals surface area contributed by atoms with Gasteiger partial charge in [-0.2, -0.15) is 0 Å². The number of fused-ring (bicyclic) bond motifs is 1. The Morgan fingerprint density at radius 3 is 2.33 bits per heavy atom. The molecule has 2 aliphatic rings. The van der Waals surface area contributed by atoms with E-state index in [2.05, 4.69) is 20.8 Å². The number of rotatable bonds is 2. The molecule has 2 saturated carbocycles. The molecule has 2 aliphatic carbocycles. The zero-order valence-electron chi connectivity index (χ0n) is 6.65. The summed E-state index contributed by atoms with van der Waals surface area (Å²) < 4.78 is 0. The average molecular weight is 124 g/mol. The maximum Gasteiger partial charge on any atom is -0.0258 e. The molecule has 0 radical (unpaired) electrons. The highest BCUT2D eigenvalue weighted by atomic mass is 14.8. The standard InChI is InChI=1S/C9H16/c1-4-6(2)8-7-5-9(7,8)3/h6-8H,4-5H2,1-3H3. The van der Waals surface area contributed by atoms with Gasteiger partial charge >= 0.3 is 0 Å². The van der Waals surface area contributed by atoms with Gasteiger partial charge in [0.25, 0.3) is 0 Å². The normalized spacial score (nSPS) is 56.3. The van der Waals surface area contributed by atoms with Crippen LogP contribution in [0, 0.1) is 23.2 Å². The Balaban J connectivity index is 1.91. The zero-order valence-corrected chi connectivity index (χ0v) is 6.65. The summed E-state index contributed by atoms with van der Waals surface area (Å²) in [6.07, 6.45) is 2.93. The van der Waals surface area contributed by atoms with Crippen LogP contribution in [0.1, 0.15) is 33.6 Å². The van der Waals surface area contributed by atoms with E-state index >= 15 is 0 Å². The van der Waals surface area contributed by atoms with Gasteiger partial charge in [-0.3, -0.25) is 0 Å². The maximum atomic E-state index is 2.45. The number of hydrogen-bond donors (Lipinski definition) is 0. The van der Waals surface area contributed by atoms with Crippen molar-refractivity contribution in [3.05, 3.63) is 0 Å². The molecule has 2 rings (SSSR count). The van der Waals surface area contributed by atoms with Gasteiger partial charge in [0.15, 0.2) is 0 Å². The summed E-state index contributed by atoms with van der Waals surface area (Å²) in [5.41, 5.74) is 0.857. The van der Waals surface area contributed by atoms with Gasteiger partial charge in [-0.15, -0.1) is 0 Å². The molecule has 0 N–H and O–H groups in total. The number of hydrogen-bond acceptors (Lipinski definition) is 0. The molecule has 0 heteroatoms. The second-order valence-electron chi connectivity index (χ2n) is 4.23. The highest BCUT2D eigenvalue weighted by Gasteiger charge is 2.75. The average Bonchev–Trinajstić information content (AvgIpc) is 2.56. The minimum Gasteiger partial charge on any atom is -0.0651 e. The third-order valence-corrected chi connectivity index (χ3v) is 3.69. The summed E-state index contributed by atoms with van der Waals surface area (Å²) in [7, 11) is 0. The largest absolute Gasteiger partial charge is 0.0651 e. The molecule has 0 aromatic rings. The SMILES string of the molecule is CCC(C)C1C2CC21C. The van der Waals surface area contributed by atoms with Crippen LogP contribution in [0.2, 0.25) is 0 Å². The molecule has 0 aliphatic heterocycles. The van der Waals surface area contributed by atoms with Crippen LogP contribution in [0.3, 0.4) is 0 Å². The predicted molar refractivity (Wildman–Crippen MR) is 39.2 cm³/mol. The van der Waals surface area contributed by atoms with Crippen molar-refractivity contribution >= 4 is 0 Å². The molecule has 0 amide bonds. The predicted octanol–water partition coefficient (Wildman–Crippen LogP) is 2.69. The minimum atomic E-state index is 0.857. The van der Waals surface area contributed by atoms with E-state index in [0.29, 0.717) is 0 Å². The highest BCUT2D eigenvalue weighted by Crippen LogP contribution is 2.81. The Hall–Kier alpha value is 0. The zero-order chi connectivity index (χ0) is 6.65. The molecule has 0 aromatic heterocycles. The smallest absolute Gasteiger partial charge is 0.0258 e. The Kier molecular flexibility index (Phi) is 0.868. The van der Waals surface area contributed by atoms with Crippen LogP contribution in [-0.2, 0) is 0 Å². The summed E-state index contributed by atoms with van der Waals surface area (Å²) in [6, 6.07) is 0. The maximum absolute atomic E-state index is 2.45. The molecular formula is C9H16. The van der Waals surface area contributed by atoms with E-state index in [0.717, 1.165) is 23.2 Å². The first-order valence-corrected chi connectivity index (χ1v) is 4.20. The fraction of sp³-hybridized carbons (Fsp3) is 1.00. The van der Waals surface area contributed by atoms with Crippen LogP contribution >= 0.6 is 0 Å². The summed E-state index contributed by atoms with van der Waals surface area (Å²) in [4.78, 5) is 0. The second kappa shape index (κ2) is 1.36. The van der Waals surface area contributed by atoms with E-state index < -0.39 is 0 Å². The molecule has 0 nitrogen and oxygen atoms in total. The van der Waals surface area contributed by atoms with Gasteiger partial charge in [0.2, 0.25) is 0 Å². The van der Waals surface area contributed by atoms with Crippen molar-refractivity contribution in [2.75, 3.05) is 0 Å². The summed E-state index contributed by atoms with van der Waals surface area (Å²) in [6.45, 7) is 7.17. The first-order chi connectivity index (χ1) is 4.20. The molecule has 0 aromatic carbocycles. The third kappa shape index (κ3) is 0.544. The molecule has 0 spiro atoms. The first kappa shape index (κ1) is 5.76. The molecule has 0 heterocycles. The summed E-state index contributed by atoms with van der Waals surface area (Å²) >= 11 is 0. The lowest BCUT2D eigenvalue weighted by Crippen LogP contribution is -2.05. The second-order valence-corrected chi connectivity index (χ2v) is 4.23. The van der Waals surface area contributed by atoms with Gasteiger partial charge in [0.05, 0.1) is 0 Å². The monoisotopic (exact) mass is 124 g/mol. The molecule has 0 bridgehead atoms. The Morgan fingerprint density at radius 2 is 2.22 bits per heavy atom. The van der Waals surface area contributed by atoms with Crippen molar-refractivity contribution in [1.82, 2.24) is 0 Å². The van der Waals surface area contributed by atoms with Crippen molar-refractivity contribution in [3.63, 3.8) is 0 Å². The van der Waals surface area contributed by atoms with Crippen LogP contribution in [0.4, 0.5) is 0 Å². The first-order valence-electron chi connectivity index (χ1n) is 4.20. The van der Waals surface area contributed by atoms with Crippen molar-refractivity contribution < 1.29 is 0 Å². The van der Waals surface area contributed by atoms with Gasteiger partial charge < -0.3 is 0 Å². The molecule has 4 atom stereocenters. The van der Waals surface area contributed by atoms with E-state index in [-0.39, 0.29) is 0 Å². The van der Waals surface area contributed by atoms with E-state index in [1.54, 1.807) is 6.42 Å². The fourth-order valence-corrected chi connectivity index (χ4v) is 2.52. The van der Waals surface area contributed by atoms with Crippen LogP contribution in [-0.4, -0.2) is 0 Å². The van der Waals surface area contributed by atoms with Gasteiger partial charge in [0, 0.05) is 0 Å². The molecule has 9 heavy (non-hydrogen) atoms. The molecule has 4 unspecified atom stereocenters.